The molecular weight excluding hydrogens is 302 g/mol. The first-order valence-corrected chi connectivity index (χ1v) is 8.74. The van der Waals surface area contributed by atoms with Gasteiger partial charge in [-0.3, -0.25) is 0 Å². The van der Waals surface area contributed by atoms with E-state index in [4.69, 9.17) is 0 Å². The Balaban J connectivity index is 1.95. The minimum Gasteiger partial charge on any atom is -0.314 e. The molecule has 3 aromatic rings. The van der Waals surface area contributed by atoms with Crippen LogP contribution in [-0.2, 0) is 0 Å². The Morgan fingerprint density at radius 3 is 2.48 bits per heavy atom. The summed E-state index contributed by atoms with van der Waals surface area (Å²) in [6.07, 6.45) is 9.29. The molecule has 0 amide bonds. The Kier molecular flexibility index (Phi) is 5.04. The zero-order chi connectivity index (χ0) is 17.8. The van der Waals surface area contributed by atoms with Gasteiger partial charge in [0.15, 0.2) is 0 Å². The van der Waals surface area contributed by atoms with Crippen molar-refractivity contribution >= 4 is 17.0 Å². The summed E-state index contributed by atoms with van der Waals surface area (Å²) in [5, 5.41) is 1.33. The van der Waals surface area contributed by atoms with Crippen LogP contribution in [0.5, 0.6) is 0 Å². The summed E-state index contributed by atoms with van der Waals surface area (Å²) >= 11 is 0. The molecule has 0 aliphatic carbocycles. The Morgan fingerprint density at radius 1 is 1.04 bits per heavy atom. The largest absolute Gasteiger partial charge is 0.314 e. The third kappa shape index (κ3) is 3.51. The van der Waals surface area contributed by atoms with E-state index in [0.29, 0.717) is 0 Å². The first kappa shape index (κ1) is 17.0. The van der Waals surface area contributed by atoms with E-state index >= 15 is 0 Å². The molecule has 1 nitrogen and oxygen atoms in total. The lowest BCUT2D eigenvalue weighted by Gasteiger charge is -2.09. The van der Waals surface area contributed by atoms with Crippen LogP contribution >= 0.6 is 0 Å². The minimum absolute atomic E-state index is 0.906. The van der Waals surface area contributed by atoms with E-state index in [-0.39, 0.29) is 0 Å². The number of para-hydroxylation sites is 1. The number of hydrogen-bond donors (Lipinski definition) is 0. The van der Waals surface area contributed by atoms with Crippen molar-refractivity contribution in [3.63, 3.8) is 0 Å². The molecule has 0 unspecified atom stereocenters. The Morgan fingerprint density at radius 2 is 1.76 bits per heavy atom. The van der Waals surface area contributed by atoms with Crippen LogP contribution in [0.4, 0.5) is 0 Å². The lowest BCUT2D eigenvalue weighted by Crippen LogP contribution is -1.96. The van der Waals surface area contributed by atoms with Crippen molar-refractivity contribution in [3.05, 3.63) is 95.7 Å². The molecule has 0 aliphatic heterocycles. The van der Waals surface area contributed by atoms with Crippen molar-refractivity contribution in [2.45, 2.75) is 27.2 Å². The average Bonchev–Trinajstić information content (AvgIpc) is 2.87. The maximum atomic E-state index is 3.74. The fraction of sp³-hybridized carbons (Fsp3) is 0.167. The monoisotopic (exact) mass is 327 g/mol. The van der Waals surface area contributed by atoms with Crippen LogP contribution in [0.25, 0.3) is 22.7 Å². The summed E-state index contributed by atoms with van der Waals surface area (Å²) in [4.78, 5) is 0. The van der Waals surface area contributed by atoms with Gasteiger partial charge in [0.05, 0.1) is 5.52 Å². The Labute approximate surface area is 150 Å². The fourth-order valence-electron chi connectivity index (χ4n) is 3.24. The molecule has 0 N–H and O–H groups in total. The highest BCUT2D eigenvalue weighted by atomic mass is 15.0. The second kappa shape index (κ2) is 7.40. The Hall–Kier alpha value is -2.80. The SMILES string of the molecule is C=CC/C=C\C(C)=C\c1ccc(-n2c(C)c(C)c3ccccc32)cc1. The van der Waals surface area contributed by atoms with E-state index in [9.17, 15) is 0 Å². The molecule has 0 bridgehead atoms. The van der Waals surface area contributed by atoms with Gasteiger partial charge in [-0.1, -0.05) is 60.2 Å². The summed E-state index contributed by atoms with van der Waals surface area (Å²) in [6.45, 7) is 10.3. The van der Waals surface area contributed by atoms with Gasteiger partial charge in [0.2, 0.25) is 0 Å². The van der Waals surface area contributed by atoms with Gasteiger partial charge >= 0.3 is 0 Å². The fourth-order valence-corrected chi connectivity index (χ4v) is 3.24. The lowest BCUT2D eigenvalue weighted by molar-refractivity contribution is 1.04. The van der Waals surface area contributed by atoms with E-state index in [0.717, 1.165) is 6.42 Å². The molecule has 0 atom stereocenters. The molecular formula is C24H25N. The molecule has 0 fully saturated rings. The van der Waals surface area contributed by atoms with Gasteiger partial charge in [-0.15, -0.1) is 6.58 Å². The maximum Gasteiger partial charge on any atom is 0.0534 e. The number of aromatic nitrogens is 1. The van der Waals surface area contributed by atoms with Gasteiger partial charge in [-0.25, -0.2) is 0 Å². The molecule has 126 valence electrons. The number of nitrogens with zero attached hydrogens (tertiary/aromatic N) is 1. The summed E-state index contributed by atoms with van der Waals surface area (Å²) in [5.41, 5.74) is 7.59. The van der Waals surface area contributed by atoms with E-state index in [1.807, 2.05) is 6.08 Å². The van der Waals surface area contributed by atoms with Crippen molar-refractivity contribution in [2.24, 2.45) is 0 Å². The predicted molar refractivity (Wildman–Crippen MR) is 110 cm³/mol. The third-order valence-corrected chi connectivity index (χ3v) is 4.66. The first-order chi connectivity index (χ1) is 12.1. The highest BCUT2D eigenvalue weighted by Gasteiger charge is 2.11. The molecule has 1 heterocycles. The third-order valence-electron chi connectivity index (χ3n) is 4.66. The summed E-state index contributed by atoms with van der Waals surface area (Å²) in [7, 11) is 0. The minimum atomic E-state index is 0.906. The molecule has 0 spiro atoms. The van der Waals surface area contributed by atoms with Gasteiger partial charge in [0, 0.05) is 16.8 Å². The average molecular weight is 327 g/mol. The van der Waals surface area contributed by atoms with Crippen LogP contribution in [0, 0.1) is 13.8 Å². The van der Waals surface area contributed by atoms with Crippen molar-refractivity contribution in [1.82, 2.24) is 4.57 Å². The number of benzene rings is 2. The smallest absolute Gasteiger partial charge is 0.0534 e. The van der Waals surface area contributed by atoms with Gasteiger partial charge < -0.3 is 4.57 Å². The van der Waals surface area contributed by atoms with Crippen molar-refractivity contribution in [1.29, 1.82) is 0 Å². The molecule has 0 aliphatic rings. The summed E-state index contributed by atoms with van der Waals surface area (Å²) < 4.78 is 2.34. The van der Waals surface area contributed by atoms with Crippen LogP contribution < -0.4 is 0 Å². The molecule has 3 rings (SSSR count). The quantitative estimate of drug-likeness (QED) is 0.359. The second-order valence-electron chi connectivity index (χ2n) is 6.47. The molecule has 0 radical (unpaired) electrons. The first-order valence-electron chi connectivity index (χ1n) is 8.74. The van der Waals surface area contributed by atoms with Gasteiger partial charge in [0.25, 0.3) is 0 Å². The van der Waals surface area contributed by atoms with Crippen LogP contribution in [0.2, 0.25) is 0 Å². The van der Waals surface area contributed by atoms with Gasteiger partial charge in [-0.2, -0.15) is 0 Å². The summed E-state index contributed by atoms with van der Waals surface area (Å²) in [5.74, 6) is 0. The molecule has 25 heavy (non-hydrogen) atoms. The highest BCUT2D eigenvalue weighted by Crippen LogP contribution is 2.28. The zero-order valence-electron chi connectivity index (χ0n) is 15.3. The van der Waals surface area contributed by atoms with E-state index in [1.54, 1.807) is 0 Å². The van der Waals surface area contributed by atoms with Crippen molar-refractivity contribution in [2.75, 3.05) is 0 Å². The van der Waals surface area contributed by atoms with Crippen LogP contribution in [-0.4, -0.2) is 4.57 Å². The van der Waals surface area contributed by atoms with Crippen LogP contribution in [0.3, 0.4) is 0 Å². The number of aryl methyl sites for hydroxylation is 1. The normalized spacial score (nSPS) is 12.2. The van der Waals surface area contributed by atoms with Crippen LogP contribution in [0.15, 0.2) is 78.9 Å². The highest BCUT2D eigenvalue weighted by molar-refractivity contribution is 5.87. The molecule has 1 heteroatoms. The van der Waals surface area contributed by atoms with Gasteiger partial charge in [-0.05, 0) is 56.5 Å². The molecule has 1 aromatic heterocycles. The molecule has 2 aromatic carbocycles. The number of hydrogen-bond acceptors (Lipinski definition) is 0. The lowest BCUT2D eigenvalue weighted by atomic mass is 10.1. The van der Waals surface area contributed by atoms with Crippen molar-refractivity contribution < 1.29 is 0 Å². The summed E-state index contributed by atoms with van der Waals surface area (Å²) in [6, 6.07) is 17.4. The predicted octanol–water partition coefficient (Wildman–Crippen LogP) is 6.78. The van der Waals surface area contributed by atoms with E-state index in [2.05, 4.69) is 98.7 Å². The molecule has 0 saturated heterocycles. The van der Waals surface area contributed by atoms with E-state index in [1.165, 1.54) is 39.0 Å². The number of allylic oxidation sites excluding steroid dienone is 4. The number of fused-ring (bicyclic) bond motifs is 1. The standard InChI is InChI=1S/C24H25N/c1-5-6-7-10-18(2)17-21-13-15-22(16-14-21)25-20(4)19(3)23-11-8-9-12-24(23)25/h5,7-17H,1,6H2,2-4H3/b10-7-,18-17+. The molecule has 0 saturated carbocycles. The zero-order valence-corrected chi connectivity index (χ0v) is 15.3. The Bertz CT molecular complexity index is 950. The van der Waals surface area contributed by atoms with Gasteiger partial charge in [0.1, 0.15) is 0 Å². The topological polar surface area (TPSA) is 4.93 Å². The van der Waals surface area contributed by atoms with E-state index < -0.39 is 0 Å². The van der Waals surface area contributed by atoms with Crippen molar-refractivity contribution in [3.8, 4) is 5.69 Å². The second-order valence-corrected chi connectivity index (χ2v) is 6.47. The van der Waals surface area contributed by atoms with Crippen LogP contribution in [0.1, 0.15) is 30.2 Å². The maximum absolute atomic E-state index is 3.74. The number of rotatable bonds is 5.